The van der Waals surface area contributed by atoms with Crippen LogP contribution in [0, 0.1) is 5.82 Å². The molecule has 0 bridgehead atoms. The van der Waals surface area contributed by atoms with Gasteiger partial charge in [-0.1, -0.05) is 35.3 Å². The largest absolute Gasteiger partial charge is 0.325 e. The molecule has 23 heavy (non-hydrogen) atoms. The van der Waals surface area contributed by atoms with Crippen molar-refractivity contribution in [2.45, 2.75) is 19.5 Å². The van der Waals surface area contributed by atoms with Crippen molar-refractivity contribution in [1.82, 2.24) is 4.90 Å². The molecular formula is C17H17Cl2FN2O. The molecule has 0 unspecified atom stereocenters. The molecule has 0 radical (unpaired) electrons. The summed E-state index contributed by atoms with van der Waals surface area (Å²) in [7, 11) is 1.74. The molecule has 0 saturated heterocycles. The van der Waals surface area contributed by atoms with Crippen LogP contribution in [-0.2, 0) is 11.3 Å². The average molecular weight is 355 g/mol. The van der Waals surface area contributed by atoms with E-state index in [0.717, 1.165) is 0 Å². The zero-order valence-electron chi connectivity index (χ0n) is 12.8. The quantitative estimate of drug-likeness (QED) is 0.851. The first kappa shape index (κ1) is 17.7. The molecule has 122 valence electrons. The second-order valence-corrected chi connectivity index (χ2v) is 6.13. The van der Waals surface area contributed by atoms with Crippen molar-refractivity contribution in [3.8, 4) is 0 Å². The number of hydrogen-bond acceptors (Lipinski definition) is 2. The molecule has 0 aliphatic heterocycles. The summed E-state index contributed by atoms with van der Waals surface area (Å²) in [5, 5.41) is 3.68. The highest BCUT2D eigenvalue weighted by Crippen LogP contribution is 2.21. The highest BCUT2D eigenvalue weighted by Gasteiger charge is 2.20. The molecule has 0 aromatic heterocycles. The molecule has 0 saturated carbocycles. The van der Waals surface area contributed by atoms with E-state index in [0.29, 0.717) is 21.3 Å². The van der Waals surface area contributed by atoms with Crippen LogP contribution in [0.3, 0.4) is 0 Å². The molecule has 0 fully saturated rings. The molecule has 2 rings (SSSR count). The van der Waals surface area contributed by atoms with E-state index < -0.39 is 6.04 Å². The van der Waals surface area contributed by atoms with E-state index in [1.807, 2.05) is 0 Å². The van der Waals surface area contributed by atoms with Crippen LogP contribution in [-0.4, -0.2) is 23.9 Å². The predicted octanol–water partition coefficient (Wildman–Crippen LogP) is 4.59. The highest BCUT2D eigenvalue weighted by molar-refractivity contribution is 6.31. The Hall–Kier alpha value is -1.62. The van der Waals surface area contributed by atoms with Gasteiger partial charge < -0.3 is 5.32 Å². The summed E-state index contributed by atoms with van der Waals surface area (Å²) in [6, 6.07) is 11.0. The fourth-order valence-corrected chi connectivity index (χ4v) is 2.50. The summed E-state index contributed by atoms with van der Waals surface area (Å²) in [6.07, 6.45) is 0. The second-order valence-electron chi connectivity index (χ2n) is 5.29. The molecule has 1 atom stereocenters. The lowest BCUT2D eigenvalue weighted by Crippen LogP contribution is -2.39. The minimum atomic E-state index is -0.468. The first-order chi connectivity index (χ1) is 10.9. The molecule has 6 heteroatoms. The Balaban J connectivity index is 2.04. The monoisotopic (exact) mass is 354 g/mol. The Bertz CT molecular complexity index is 688. The van der Waals surface area contributed by atoms with Crippen molar-refractivity contribution in [3.05, 3.63) is 63.9 Å². The molecule has 0 aliphatic carbocycles. The van der Waals surface area contributed by atoms with Crippen molar-refractivity contribution in [2.75, 3.05) is 12.4 Å². The van der Waals surface area contributed by atoms with Gasteiger partial charge in [-0.15, -0.1) is 0 Å². The van der Waals surface area contributed by atoms with Gasteiger partial charge in [0, 0.05) is 27.8 Å². The Morgan fingerprint density at radius 3 is 2.61 bits per heavy atom. The number of amides is 1. The van der Waals surface area contributed by atoms with Gasteiger partial charge in [0.05, 0.1) is 6.04 Å². The number of benzene rings is 2. The van der Waals surface area contributed by atoms with Crippen LogP contribution >= 0.6 is 23.2 Å². The van der Waals surface area contributed by atoms with Crippen LogP contribution in [0.4, 0.5) is 10.1 Å². The third-order valence-corrected chi connectivity index (χ3v) is 4.19. The normalized spacial score (nSPS) is 12.3. The molecule has 1 amide bonds. The molecular weight excluding hydrogens is 338 g/mol. The highest BCUT2D eigenvalue weighted by atomic mass is 35.5. The van der Waals surface area contributed by atoms with E-state index in [-0.39, 0.29) is 18.3 Å². The summed E-state index contributed by atoms with van der Waals surface area (Å²) in [5.74, 6) is -0.589. The maximum Gasteiger partial charge on any atom is 0.241 e. The Morgan fingerprint density at radius 1 is 1.26 bits per heavy atom. The van der Waals surface area contributed by atoms with Gasteiger partial charge in [0.15, 0.2) is 0 Å². The van der Waals surface area contributed by atoms with Gasteiger partial charge in [0.1, 0.15) is 5.82 Å². The zero-order chi connectivity index (χ0) is 17.0. The number of hydrogen-bond donors (Lipinski definition) is 1. The SMILES string of the molecule is C[C@H](C(=O)Nc1cccc(Cl)c1)N(C)Cc1c(F)cccc1Cl. The maximum absolute atomic E-state index is 13.8. The Morgan fingerprint density at radius 2 is 1.96 bits per heavy atom. The van der Waals surface area contributed by atoms with Gasteiger partial charge in [0.2, 0.25) is 5.91 Å². The van der Waals surface area contributed by atoms with Crippen LogP contribution in [0.2, 0.25) is 10.0 Å². The topological polar surface area (TPSA) is 32.3 Å². The van der Waals surface area contributed by atoms with Crippen molar-refractivity contribution < 1.29 is 9.18 Å². The summed E-state index contributed by atoms with van der Waals surface area (Å²) in [4.78, 5) is 14.0. The predicted molar refractivity (Wildman–Crippen MR) is 92.4 cm³/mol. The lowest BCUT2D eigenvalue weighted by molar-refractivity contribution is -0.120. The number of carbonyl (C=O) groups excluding carboxylic acids is 1. The van der Waals surface area contributed by atoms with Gasteiger partial charge in [-0.2, -0.15) is 0 Å². The first-order valence-corrected chi connectivity index (χ1v) is 7.83. The molecule has 0 heterocycles. The van der Waals surface area contributed by atoms with Crippen LogP contribution < -0.4 is 5.32 Å². The third-order valence-electron chi connectivity index (χ3n) is 3.60. The van der Waals surface area contributed by atoms with E-state index >= 15 is 0 Å². The van der Waals surface area contributed by atoms with E-state index in [9.17, 15) is 9.18 Å². The van der Waals surface area contributed by atoms with Crippen molar-refractivity contribution >= 4 is 34.8 Å². The molecule has 1 N–H and O–H groups in total. The van der Waals surface area contributed by atoms with E-state index in [1.165, 1.54) is 6.07 Å². The molecule has 2 aromatic carbocycles. The van der Waals surface area contributed by atoms with Gasteiger partial charge in [0.25, 0.3) is 0 Å². The Kier molecular flexibility index (Phi) is 5.99. The van der Waals surface area contributed by atoms with Gasteiger partial charge in [-0.3, -0.25) is 9.69 Å². The summed E-state index contributed by atoms with van der Waals surface area (Å²) in [5.41, 5.74) is 0.991. The number of likely N-dealkylation sites (N-methyl/N-ethyl adjacent to an activating group) is 1. The van der Waals surface area contributed by atoms with Gasteiger partial charge >= 0.3 is 0 Å². The third kappa shape index (κ3) is 4.67. The fraction of sp³-hybridized carbons (Fsp3) is 0.235. The van der Waals surface area contributed by atoms with E-state index in [4.69, 9.17) is 23.2 Å². The average Bonchev–Trinajstić information content (AvgIpc) is 2.50. The van der Waals surface area contributed by atoms with Crippen LogP contribution in [0.1, 0.15) is 12.5 Å². The standard InChI is InChI=1S/C17H17Cl2FN2O/c1-11(17(23)21-13-6-3-5-12(18)9-13)22(2)10-14-15(19)7-4-8-16(14)20/h3-9,11H,10H2,1-2H3,(H,21,23)/t11-/m1/s1. The van der Waals surface area contributed by atoms with E-state index in [2.05, 4.69) is 5.32 Å². The number of halogens is 3. The number of nitrogens with one attached hydrogen (secondary N) is 1. The minimum Gasteiger partial charge on any atom is -0.325 e. The van der Waals surface area contributed by atoms with Crippen molar-refractivity contribution in [3.63, 3.8) is 0 Å². The summed E-state index contributed by atoms with van der Waals surface area (Å²) < 4.78 is 13.8. The lowest BCUT2D eigenvalue weighted by Gasteiger charge is -2.24. The van der Waals surface area contributed by atoms with Crippen LogP contribution in [0.5, 0.6) is 0 Å². The second kappa shape index (κ2) is 7.77. The number of anilines is 1. The van der Waals surface area contributed by atoms with Crippen molar-refractivity contribution in [2.24, 2.45) is 0 Å². The minimum absolute atomic E-state index is 0.206. The first-order valence-electron chi connectivity index (χ1n) is 7.08. The van der Waals surface area contributed by atoms with Gasteiger partial charge in [-0.05, 0) is 44.3 Å². The van der Waals surface area contributed by atoms with Crippen LogP contribution in [0.15, 0.2) is 42.5 Å². The molecule has 0 aliphatic rings. The smallest absolute Gasteiger partial charge is 0.241 e. The number of rotatable bonds is 5. The maximum atomic E-state index is 13.8. The number of carbonyl (C=O) groups is 1. The van der Waals surface area contributed by atoms with Crippen molar-refractivity contribution in [1.29, 1.82) is 0 Å². The molecule has 2 aromatic rings. The fourth-order valence-electron chi connectivity index (χ4n) is 2.08. The number of nitrogens with zero attached hydrogens (tertiary/aromatic N) is 1. The lowest BCUT2D eigenvalue weighted by atomic mass is 10.1. The van der Waals surface area contributed by atoms with Crippen LogP contribution in [0.25, 0.3) is 0 Å². The zero-order valence-corrected chi connectivity index (χ0v) is 14.3. The van der Waals surface area contributed by atoms with E-state index in [1.54, 1.807) is 55.3 Å². The van der Waals surface area contributed by atoms with Gasteiger partial charge in [-0.25, -0.2) is 4.39 Å². The summed E-state index contributed by atoms with van der Waals surface area (Å²) in [6.45, 7) is 1.98. The Labute approximate surface area is 145 Å². The summed E-state index contributed by atoms with van der Waals surface area (Å²) >= 11 is 11.9. The molecule has 3 nitrogen and oxygen atoms in total. The molecule has 0 spiro atoms.